The van der Waals surface area contributed by atoms with Gasteiger partial charge in [0, 0.05) is 12.1 Å². The van der Waals surface area contributed by atoms with Crippen LogP contribution in [0.4, 0.5) is 10.1 Å². The molecule has 20 heavy (non-hydrogen) atoms. The van der Waals surface area contributed by atoms with E-state index in [2.05, 4.69) is 0 Å². The Morgan fingerprint density at radius 1 is 1.30 bits per heavy atom. The molecule has 1 aliphatic heterocycles. The molecule has 0 aromatic heterocycles. The third kappa shape index (κ3) is 2.89. The molecule has 0 radical (unpaired) electrons. The van der Waals surface area contributed by atoms with Crippen LogP contribution in [0.15, 0.2) is 18.2 Å². The molecule has 0 aliphatic carbocycles. The number of hydrogen-bond acceptors (Lipinski definition) is 3. The Kier molecular flexibility index (Phi) is 4.22. The molecule has 1 amide bonds. The number of nitrogens with zero attached hydrogens (tertiary/aromatic N) is 1. The van der Waals surface area contributed by atoms with E-state index in [1.165, 1.54) is 12.1 Å². The van der Waals surface area contributed by atoms with Crippen molar-refractivity contribution >= 4 is 17.6 Å². The fourth-order valence-electron chi connectivity index (χ4n) is 2.55. The van der Waals surface area contributed by atoms with E-state index in [1.807, 2.05) is 0 Å². The standard InChI is InChI=1S/C14H17FN2O3/c15-10-8-9(13(16)18)5-6-11(10)17-7-3-1-2-4-12(17)14(19)20/h5-6,8,12H,1-4,7H2,(H2,16,18)(H,19,20). The van der Waals surface area contributed by atoms with Gasteiger partial charge < -0.3 is 15.7 Å². The van der Waals surface area contributed by atoms with Crippen molar-refractivity contribution in [1.82, 2.24) is 0 Å². The quantitative estimate of drug-likeness (QED) is 0.883. The maximum absolute atomic E-state index is 14.1. The molecule has 0 spiro atoms. The number of carboxylic acid groups (broad SMARTS) is 1. The SMILES string of the molecule is NC(=O)c1ccc(N2CCCCCC2C(=O)O)c(F)c1. The zero-order valence-corrected chi connectivity index (χ0v) is 11.0. The predicted octanol–water partition coefficient (Wildman–Crippen LogP) is 1.76. The number of hydrogen-bond donors (Lipinski definition) is 2. The van der Waals surface area contributed by atoms with Crippen LogP contribution in [0, 0.1) is 5.82 Å². The lowest BCUT2D eigenvalue weighted by Gasteiger charge is -2.29. The smallest absolute Gasteiger partial charge is 0.326 e. The van der Waals surface area contributed by atoms with E-state index in [0.29, 0.717) is 13.0 Å². The van der Waals surface area contributed by atoms with E-state index < -0.39 is 23.7 Å². The lowest BCUT2D eigenvalue weighted by Crippen LogP contribution is -2.41. The van der Waals surface area contributed by atoms with Crippen LogP contribution in [-0.4, -0.2) is 29.6 Å². The summed E-state index contributed by atoms with van der Waals surface area (Å²) in [5, 5.41) is 9.29. The lowest BCUT2D eigenvalue weighted by atomic mass is 10.1. The summed E-state index contributed by atoms with van der Waals surface area (Å²) >= 11 is 0. The Balaban J connectivity index is 2.36. The van der Waals surface area contributed by atoms with Gasteiger partial charge in [-0.15, -0.1) is 0 Å². The lowest BCUT2D eigenvalue weighted by molar-refractivity contribution is -0.138. The number of carboxylic acids is 1. The van der Waals surface area contributed by atoms with E-state index in [1.54, 1.807) is 4.90 Å². The molecule has 1 atom stereocenters. The van der Waals surface area contributed by atoms with Gasteiger partial charge in [-0.3, -0.25) is 4.79 Å². The minimum absolute atomic E-state index is 0.0768. The van der Waals surface area contributed by atoms with E-state index in [-0.39, 0.29) is 11.3 Å². The number of amides is 1. The summed E-state index contributed by atoms with van der Waals surface area (Å²) < 4.78 is 14.1. The Bertz CT molecular complexity index is 533. The number of benzene rings is 1. The fraction of sp³-hybridized carbons (Fsp3) is 0.429. The van der Waals surface area contributed by atoms with Gasteiger partial charge in [0.2, 0.25) is 5.91 Å². The van der Waals surface area contributed by atoms with Crippen LogP contribution in [0.25, 0.3) is 0 Å². The molecule has 3 N–H and O–H groups in total. The highest BCUT2D eigenvalue weighted by molar-refractivity contribution is 5.93. The molecular weight excluding hydrogens is 263 g/mol. The first kappa shape index (κ1) is 14.3. The van der Waals surface area contributed by atoms with E-state index in [4.69, 9.17) is 5.73 Å². The molecule has 2 rings (SSSR count). The third-order valence-corrected chi connectivity index (χ3v) is 3.58. The van der Waals surface area contributed by atoms with E-state index >= 15 is 0 Å². The summed E-state index contributed by atoms with van der Waals surface area (Å²) in [5.74, 6) is -2.28. The molecule has 5 nitrogen and oxygen atoms in total. The van der Waals surface area contributed by atoms with Crippen molar-refractivity contribution in [2.24, 2.45) is 5.73 Å². The summed E-state index contributed by atoms with van der Waals surface area (Å²) in [6.45, 7) is 0.490. The number of carbonyl (C=O) groups excluding carboxylic acids is 1. The molecule has 1 fully saturated rings. The van der Waals surface area contributed by atoms with Crippen molar-refractivity contribution in [1.29, 1.82) is 0 Å². The predicted molar refractivity (Wildman–Crippen MR) is 72.2 cm³/mol. The molecule has 1 aromatic rings. The van der Waals surface area contributed by atoms with Crippen molar-refractivity contribution in [3.05, 3.63) is 29.6 Å². The van der Waals surface area contributed by atoms with Gasteiger partial charge in [-0.05, 0) is 31.0 Å². The molecule has 1 aliphatic rings. The fourth-order valence-corrected chi connectivity index (χ4v) is 2.55. The average Bonchev–Trinajstić information content (AvgIpc) is 2.64. The van der Waals surface area contributed by atoms with Gasteiger partial charge in [0.05, 0.1) is 5.69 Å². The maximum atomic E-state index is 14.1. The van der Waals surface area contributed by atoms with Crippen molar-refractivity contribution in [3.8, 4) is 0 Å². The highest BCUT2D eigenvalue weighted by Crippen LogP contribution is 2.27. The molecule has 108 valence electrons. The number of aliphatic carboxylic acids is 1. The largest absolute Gasteiger partial charge is 0.480 e. The molecule has 1 heterocycles. The summed E-state index contributed by atoms with van der Waals surface area (Å²) in [7, 11) is 0. The first-order valence-corrected chi connectivity index (χ1v) is 6.59. The second-order valence-corrected chi connectivity index (χ2v) is 4.93. The van der Waals surface area contributed by atoms with Gasteiger partial charge in [0.15, 0.2) is 0 Å². The van der Waals surface area contributed by atoms with Crippen LogP contribution in [-0.2, 0) is 4.79 Å². The van der Waals surface area contributed by atoms with Crippen LogP contribution >= 0.6 is 0 Å². The van der Waals surface area contributed by atoms with Crippen LogP contribution in [0.5, 0.6) is 0 Å². The van der Waals surface area contributed by atoms with Gasteiger partial charge in [-0.2, -0.15) is 0 Å². The molecular formula is C14H17FN2O3. The second-order valence-electron chi connectivity index (χ2n) is 4.93. The number of halogens is 1. The summed E-state index contributed by atoms with van der Waals surface area (Å²) in [6, 6.07) is 3.18. The maximum Gasteiger partial charge on any atom is 0.326 e. The van der Waals surface area contributed by atoms with Crippen molar-refractivity contribution in [3.63, 3.8) is 0 Å². The van der Waals surface area contributed by atoms with Gasteiger partial charge in [0.1, 0.15) is 11.9 Å². The highest BCUT2D eigenvalue weighted by Gasteiger charge is 2.29. The highest BCUT2D eigenvalue weighted by atomic mass is 19.1. The molecule has 1 unspecified atom stereocenters. The molecule has 1 aromatic carbocycles. The summed E-state index contributed by atoms with van der Waals surface area (Å²) in [4.78, 5) is 23.9. The van der Waals surface area contributed by atoms with E-state index in [0.717, 1.165) is 25.3 Å². The third-order valence-electron chi connectivity index (χ3n) is 3.58. The Labute approximate surface area is 116 Å². The minimum Gasteiger partial charge on any atom is -0.480 e. The van der Waals surface area contributed by atoms with Crippen LogP contribution < -0.4 is 10.6 Å². The zero-order valence-electron chi connectivity index (χ0n) is 11.0. The van der Waals surface area contributed by atoms with Gasteiger partial charge in [-0.25, -0.2) is 9.18 Å². The minimum atomic E-state index is -0.953. The number of carbonyl (C=O) groups is 2. The molecule has 1 saturated heterocycles. The number of anilines is 1. The van der Waals surface area contributed by atoms with Crippen LogP contribution in [0.1, 0.15) is 36.0 Å². The van der Waals surface area contributed by atoms with E-state index in [9.17, 15) is 19.1 Å². The summed E-state index contributed by atoms with van der Waals surface area (Å²) in [6.07, 6.45) is 3.06. The van der Waals surface area contributed by atoms with Crippen molar-refractivity contribution in [2.45, 2.75) is 31.7 Å². The molecule has 0 bridgehead atoms. The first-order valence-electron chi connectivity index (χ1n) is 6.59. The topological polar surface area (TPSA) is 83.6 Å². The second kappa shape index (κ2) is 5.90. The monoisotopic (exact) mass is 280 g/mol. The van der Waals surface area contributed by atoms with Gasteiger partial charge in [0.25, 0.3) is 0 Å². The average molecular weight is 280 g/mol. The Morgan fingerprint density at radius 3 is 2.65 bits per heavy atom. The van der Waals surface area contributed by atoms with Gasteiger partial charge in [-0.1, -0.05) is 12.8 Å². The first-order chi connectivity index (χ1) is 9.50. The number of rotatable bonds is 3. The normalized spacial score (nSPS) is 19.4. The molecule has 0 saturated carbocycles. The molecule has 6 heteroatoms. The Morgan fingerprint density at radius 2 is 2.05 bits per heavy atom. The zero-order chi connectivity index (χ0) is 14.7. The summed E-state index contributed by atoms with van der Waals surface area (Å²) in [5.41, 5.74) is 5.39. The number of nitrogens with two attached hydrogens (primary N) is 1. The van der Waals surface area contributed by atoms with Crippen molar-refractivity contribution < 1.29 is 19.1 Å². The van der Waals surface area contributed by atoms with Crippen LogP contribution in [0.3, 0.4) is 0 Å². The number of primary amides is 1. The van der Waals surface area contributed by atoms with Crippen molar-refractivity contribution in [2.75, 3.05) is 11.4 Å². The van der Waals surface area contributed by atoms with Gasteiger partial charge >= 0.3 is 5.97 Å². The van der Waals surface area contributed by atoms with Crippen LogP contribution in [0.2, 0.25) is 0 Å². The Hall–Kier alpha value is -2.11.